The molecule has 22 nitrogen and oxygen atoms in total. The molecule has 5 aromatic carbocycles. The van der Waals surface area contributed by atoms with Gasteiger partial charge < -0.3 is 29.9 Å². The van der Waals surface area contributed by atoms with Gasteiger partial charge in [0, 0.05) is 11.1 Å². The van der Waals surface area contributed by atoms with Gasteiger partial charge in [0.05, 0.1) is 61.8 Å². The number of hydrogen-bond donors (Lipinski definition) is 7. The van der Waals surface area contributed by atoms with Gasteiger partial charge in [-0.3, -0.25) is 13.9 Å². The predicted octanol–water partition coefficient (Wildman–Crippen LogP) is 9.35. The highest BCUT2D eigenvalue weighted by atomic mass is 35.5. The molecule has 0 amide bonds. The van der Waals surface area contributed by atoms with Crippen LogP contribution in [-0.2, 0) is 47.5 Å². The van der Waals surface area contributed by atoms with Gasteiger partial charge in [-0.25, -0.2) is 10.5 Å². The van der Waals surface area contributed by atoms with Crippen molar-refractivity contribution in [1.82, 2.24) is 15.0 Å². The Balaban J connectivity index is 1.34. The Labute approximate surface area is 376 Å². The van der Waals surface area contributed by atoms with Gasteiger partial charge in [0.1, 0.15) is 18.0 Å². The summed E-state index contributed by atoms with van der Waals surface area (Å²) in [4.78, 5) is 34.9. The molecule has 0 radical (unpaired) electrons. The summed E-state index contributed by atoms with van der Waals surface area (Å²) >= 11 is 7.23. The third-order valence-electron chi connectivity index (χ3n) is 9.14. The fourth-order valence-electron chi connectivity index (χ4n) is 5.65. The van der Waals surface area contributed by atoms with Crippen LogP contribution in [0.5, 0.6) is 5.75 Å². The van der Waals surface area contributed by atoms with E-state index in [1.165, 1.54) is 30.3 Å². The molecule has 0 aliphatic rings. The van der Waals surface area contributed by atoms with Gasteiger partial charge in [-0.05, 0) is 90.5 Å². The van der Waals surface area contributed by atoms with Crippen molar-refractivity contribution in [1.29, 1.82) is 0 Å². The number of halogens is 1. The standard InChI is InChI=1S/C37H35ClN7O15PS3/c1-4-37(2,3)33(47)55-14-15-56-61(50,51)23-10-7-9-22(18-23)39-35-41-34(38)42-36(43-35)40-27-19-24(64(52,53)54)16-21-17-28(62-59-57-48)30(31(46)29(21)27)45-44-26-13-12-20-8-5-6-11-25(20)32(26)63-60-58-49/h5-13,16-19,46,48-49H,4,14-15H2,1-3H3,(H,50,51)(H,52,53,54)(H2,39,40,41,42,43). The number of fused-ring (bicyclic) bond motifs is 2. The molecular formula is C37H35ClN7O15PS3. The average molecular weight is 980 g/mol. The minimum Gasteiger partial charge on any atom is -0.505 e. The number of phenols is 1. The largest absolute Gasteiger partial charge is 0.505 e. The number of aromatic hydroxyl groups is 1. The van der Waals surface area contributed by atoms with Crippen LogP contribution in [0.4, 0.5) is 34.6 Å². The first kappa shape index (κ1) is 48.4. The zero-order valence-corrected chi connectivity index (χ0v) is 37.3. The number of phenolic OH excluding ortho intramolecular Hbond substituents is 1. The van der Waals surface area contributed by atoms with Crippen molar-refractivity contribution in [2.45, 2.75) is 41.9 Å². The Morgan fingerprint density at radius 1 is 0.891 bits per heavy atom. The molecule has 1 aromatic heterocycles. The van der Waals surface area contributed by atoms with Gasteiger partial charge in [-0.15, -0.1) is 18.9 Å². The summed E-state index contributed by atoms with van der Waals surface area (Å²) in [5, 5.41) is 52.0. The summed E-state index contributed by atoms with van der Waals surface area (Å²) in [5.74, 6) is -1.67. The lowest BCUT2D eigenvalue weighted by molar-refractivity contribution is -0.432. The van der Waals surface area contributed by atoms with Crippen molar-refractivity contribution in [2.24, 2.45) is 15.6 Å². The fraction of sp³-hybridized carbons (Fsp3) is 0.189. The summed E-state index contributed by atoms with van der Waals surface area (Å²) in [6.07, 6.45) is 0.529. The van der Waals surface area contributed by atoms with E-state index < -0.39 is 39.7 Å². The predicted molar refractivity (Wildman–Crippen MR) is 233 cm³/mol. The Morgan fingerprint density at radius 3 is 2.33 bits per heavy atom. The van der Waals surface area contributed by atoms with E-state index >= 15 is 0 Å². The van der Waals surface area contributed by atoms with Gasteiger partial charge in [-0.1, -0.05) is 53.4 Å². The van der Waals surface area contributed by atoms with Crippen molar-refractivity contribution in [3.05, 3.63) is 84.1 Å². The molecule has 27 heteroatoms. The number of benzene rings is 5. The van der Waals surface area contributed by atoms with Crippen LogP contribution in [0, 0.1) is 5.41 Å². The highest BCUT2D eigenvalue weighted by Gasteiger charge is 2.28. The molecule has 0 saturated carbocycles. The van der Waals surface area contributed by atoms with Crippen LogP contribution in [0.3, 0.4) is 0 Å². The number of azo groups is 1. The second-order valence-electron chi connectivity index (χ2n) is 13.7. The van der Waals surface area contributed by atoms with Crippen LogP contribution in [0.15, 0.2) is 104 Å². The summed E-state index contributed by atoms with van der Waals surface area (Å²) in [5.41, 5.74) is -0.897. The maximum atomic E-state index is 13.1. The van der Waals surface area contributed by atoms with Crippen LogP contribution < -0.4 is 15.9 Å². The first-order valence-electron chi connectivity index (χ1n) is 18.2. The Bertz CT molecular complexity index is 2900. The monoisotopic (exact) mass is 979 g/mol. The van der Waals surface area contributed by atoms with Crippen LogP contribution in [0.1, 0.15) is 27.2 Å². The van der Waals surface area contributed by atoms with Gasteiger partial charge >= 0.3 is 13.6 Å². The van der Waals surface area contributed by atoms with E-state index in [-0.39, 0.29) is 74.1 Å². The van der Waals surface area contributed by atoms with E-state index in [2.05, 4.69) is 50.2 Å². The number of nitrogens with zero attached hydrogens (tertiary/aromatic N) is 5. The number of aromatic nitrogens is 3. The summed E-state index contributed by atoms with van der Waals surface area (Å²) in [7, 11) is -9.34. The average Bonchev–Trinajstić information content (AvgIpc) is 3.25. The number of ether oxygens (including phenoxy) is 1. The minimum atomic E-state index is -4.91. The summed E-state index contributed by atoms with van der Waals surface area (Å²) in [6, 6.07) is 19.2. The lowest BCUT2D eigenvalue weighted by atomic mass is 9.91. The normalized spacial score (nSPS) is 13.1. The van der Waals surface area contributed by atoms with E-state index in [0.717, 1.165) is 17.5 Å². The molecule has 1 heterocycles. The Kier molecular flexibility index (Phi) is 15.7. The second kappa shape index (κ2) is 20.8. The third-order valence-corrected chi connectivity index (χ3v) is 13.0. The van der Waals surface area contributed by atoms with Gasteiger partial charge in [0.15, 0.2) is 5.75 Å². The molecule has 0 spiro atoms. The molecule has 0 saturated heterocycles. The molecule has 0 bridgehead atoms. The number of hydrogen-bond acceptors (Lipinski definition) is 22. The van der Waals surface area contributed by atoms with Gasteiger partial charge in [0.25, 0.3) is 10.1 Å². The van der Waals surface area contributed by atoms with Crippen LogP contribution >= 0.6 is 43.3 Å². The minimum absolute atomic E-state index is 0.0394. The van der Waals surface area contributed by atoms with Crippen molar-refractivity contribution < 1.29 is 70.8 Å². The molecule has 7 N–H and O–H groups in total. The zero-order valence-electron chi connectivity index (χ0n) is 33.2. The number of carbonyl (C=O) groups excluding carboxylic acids is 1. The summed E-state index contributed by atoms with van der Waals surface area (Å²) in [6.45, 7) is 4.63. The number of esters is 1. The van der Waals surface area contributed by atoms with Crippen molar-refractivity contribution in [3.63, 3.8) is 0 Å². The van der Waals surface area contributed by atoms with Crippen LogP contribution in [0.2, 0.25) is 5.28 Å². The first-order chi connectivity index (χ1) is 30.4. The third kappa shape index (κ3) is 11.8. The molecule has 338 valence electrons. The van der Waals surface area contributed by atoms with Crippen molar-refractivity contribution in [2.75, 3.05) is 23.8 Å². The molecule has 0 aliphatic carbocycles. The molecular weight excluding hydrogens is 945 g/mol. The fourth-order valence-corrected chi connectivity index (χ4v) is 8.46. The SMILES string of the molecule is CCC(C)(C)C(=O)OCCOP(=O)(O)c1cccc(Nc2nc(Cl)nc(Nc3cc(S(=O)(=O)O)cc4cc(SOOO)c(N=Nc5ccc6ccccc6c5SOOO)c(O)c34)n2)c1. The van der Waals surface area contributed by atoms with Gasteiger partial charge in [0.2, 0.25) is 17.2 Å². The smallest absolute Gasteiger partial charge is 0.358 e. The molecule has 0 fully saturated rings. The number of rotatable bonds is 20. The quantitative estimate of drug-likeness (QED) is 0.00547. The summed E-state index contributed by atoms with van der Waals surface area (Å²) < 4.78 is 67.9. The number of anilines is 4. The highest BCUT2D eigenvalue weighted by Crippen LogP contribution is 2.48. The van der Waals surface area contributed by atoms with Crippen molar-refractivity contribution >= 4 is 121 Å². The molecule has 6 rings (SSSR count). The lowest BCUT2D eigenvalue weighted by Crippen LogP contribution is -2.27. The van der Waals surface area contributed by atoms with Crippen molar-refractivity contribution in [3.8, 4) is 5.75 Å². The highest BCUT2D eigenvalue weighted by molar-refractivity contribution is 7.95. The van der Waals surface area contributed by atoms with E-state index in [9.17, 15) is 32.3 Å². The topological polar surface area (TPSA) is 312 Å². The molecule has 64 heavy (non-hydrogen) atoms. The first-order valence-corrected chi connectivity index (χ1v) is 23.1. The lowest BCUT2D eigenvalue weighted by Gasteiger charge is -2.20. The van der Waals surface area contributed by atoms with Crippen LogP contribution in [0.25, 0.3) is 21.5 Å². The zero-order chi connectivity index (χ0) is 46.2. The van der Waals surface area contributed by atoms with Gasteiger partial charge in [-0.2, -0.15) is 23.4 Å². The number of nitrogens with one attached hydrogen (secondary N) is 2. The van der Waals surface area contributed by atoms with E-state index in [0.29, 0.717) is 40.8 Å². The molecule has 6 aromatic rings. The Morgan fingerprint density at radius 2 is 1.61 bits per heavy atom. The maximum Gasteiger partial charge on any atom is 0.358 e. The second-order valence-corrected chi connectivity index (χ2v) is 18.7. The molecule has 1 atom stereocenters. The number of carbonyl (C=O) groups is 1. The molecule has 0 aliphatic heterocycles. The maximum absolute atomic E-state index is 13.1. The Hall–Kier alpha value is -5.09. The van der Waals surface area contributed by atoms with E-state index in [1.807, 2.05) is 13.0 Å². The van der Waals surface area contributed by atoms with E-state index in [1.54, 1.807) is 44.2 Å². The van der Waals surface area contributed by atoms with E-state index in [4.69, 9.17) is 35.7 Å². The van der Waals surface area contributed by atoms with Crippen LogP contribution in [-0.4, -0.2) is 67.6 Å². The molecule has 1 unspecified atom stereocenters.